The van der Waals surface area contributed by atoms with Crippen LogP contribution in [0, 0.1) is 0 Å². The molecule has 0 aliphatic heterocycles. The van der Waals surface area contributed by atoms with Crippen molar-refractivity contribution in [2.45, 2.75) is 26.4 Å². The zero-order chi connectivity index (χ0) is 9.68. The first kappa shape index (κ1) is 13.4. The summed E-state index contributed by atoms with van der Waals surface area (Å²) in [7, 11) is 0. The summed E-state index contributed by atoms with van der Waals surface area (Å²) >= 11 is 0. The fraction of sp³-hybridized carbons (Fsp3) is 0.667. The van der Waals surface area contributed by atoms with E-state index in [9.17, 15) is 0 Å². The first-order valence-corrected chi connectivity index (χ1v) is 4.59. The van der Waals surface area contributed by atoms with Crippen molar-refractivity contribution in [3.63, 3.8) is 0 Å². The van der Waals surface area contributed by atoms with Crippen molar-refractivity contribution in [3.05, 3.63) is 18.0 Å². The Morgan fingerprint density at radius 2 is 2.29 bits per heavy atom. The third-order valence-electron chi connectivity index (χ3n) is 1.84. The van der Waals surface area contributed by atoms with Crippen molar-refractivity contribution >= 4 is 12.4 Å². The van der Waals surface area contributed by atoms with E-state index >= 15 is 0 Å². The predicted molar refractivity (Wildman–Crippen MR) is 58.7 cm³/mol. The van der Waals surface area contributed by atoms with E-state index in [0.717, 1.165) is 12.2 Å². The molecule has 1 aromatic rings. The van der Waals surface area contributed by atoms with E-state index in [1.807, 2.05) is 10.7 Å². The van der Waals surface area contributed by atoms with Gasteiger partial charge < -0.3 is 10.4 Å². The first-order valence-electron chi connectivity index (χ1n) is 4.59. The van der Waals surface area contributed by atoms with E-state index < -0.39 is 0 Å². The van der Waals surface area contributed by atoms with Gasteiger partial charge in [-0.25, -0.2) is 0 Å². The zero-order valence-electron chi connectivity index (χ0n) is 8.60. The predicted octanol–water partition coefficient (Wildman–Crippen LogP) is 0.968. The van der Waals surface area contributed by atoms with Crippen LogP contribution >= 0.6 is 12.4 Å². The van der Waals surface area contributed by atoms with E-state index in [-0.39, 0.29) is 19.0 Å². The van der Waals surface area contributed by atoms with Gasteiger partial charge in [0.15, 0.2) is 0 Å². The Morgan fingerprint density at radius 3 is 2.86 bits per heavy atom. The van der Waals surface area contributed by atoms with E-state index in [2.05, 4.69) is 24.3 Å². The number of nitrogens with one attached hydrogen (secondary N) is 1. The average molecular weight is 220 g/mol. The summed E-state index contributed by atoms with van der Waals surface area (Å²) in [5.74, 6) is 0. The van der Waals surface area contributed by atoms with Crippen LogP contribution < -0.4 is 5.32 Å². The molecule has 0 atom stereocenters. The van der Waals surface area contributed by atoms with Crippen LogP contribution in [-0.4, -0.2) is 28.0 Å². The minimum absolute atomic E-state index is 0. The molecule has 0 saturated heterocycles. The molecular formula is C9H18ClN3O. The van der Waals surface area contributed by atoms with Crippen LogP contribution in [0.3, 0.4) is 0 Å². The summed E-state index contributed by atoms with van der Waals surface area (Å²) in [5.41, 5.74) is 1.16. The van der Waals surface area contributed by atoms with Crippen LogP contribution in [0.2, 0.25) is 0 Å². The maximum absolute atomic E-state index is 8.59. The lowest BCUT2D eigenvalue weighted by molar-refractivity contribution is 0.291. The Balaban J connectivity index is 0.00000169. The van der Waals surface area contributed by atoms with Gasteiger partial charge >= 0.3 is 0 Å². The lowest BCUT2D eigenvalue weighted by Gasteiger charge is -2.10. The highest BCUT2D eigenvalue weighted by atomic mass is 35.5. The van der Waals surface area contributed by atoms with E-state index in [1.165, 1.54) is 0 Å². The molecule has 82 valence electrons. The molecule has 0 aliphatic rings. The Hall–Kier alpha value is -0.580. The standard InChI is InChI=1S/C9H17N3O.ClH/c1-8(2)12-9(3-4-11-12)7-10-5-6-13;/h3-4,8,10,13H,5-7H2,1-2H3;1H. The largest absolute Gasteiger partial charge is 0.395 e. The third-order valence-corrected chi connectivity index (χ3v) is 1.84. The normalized spacial score (nSPS) is 10.3. The van der Waals surface area contributed by atoms with Gasteiger partial charge in [-0.1, -0.05) is 0 Å². The maximum atomic E-state index is 8.59. The zero-order valence-corrected chi connectivity index (χ0v) is 9.42. The number of aliphatic hydroxyl groups is 1. The Morgan fingerprint density at radius 1 is 1.57 bits per heavy atom. The van der Waals surface area contributed by atoms with Gasteiger partial charge in [-0.3, -0.25) is 4.68 Å². The van der Waals surface area contributed by atoms with Crippen LogP contribution in [0.1, 0.15) is 25.6 Å². The van der Waals surface area contributed by atoms with Gasteiger partial charge in [0.2, 0.25) is 0 Å². The number of aromatic nitrogens is 2. The molecule has 0 unspecified atom stereocenters. The minimum Gasteiger partial charge on any atom is -0.395 e. The summed E-state index contributed by atoms with van der Waals surface area (Å²) in [4.78, 5) is 0. The second-order valence-electron chi connectivity index (χ2n) is 3.26. The second-order valence-corrected chi connectivity index (χ2v) is 3.26. The maximum Gasteiger partial charge on any atom is 0.0556 e. The lowest BCUT2D eigenvalue weighted by atomic mass is 10.3. The highest BCUT2D eigenvalue weighted by Crippen LogP contribution is 2.06. The van der Waals surface area contributed by atoms with Gasteiger partial charge in [0, 0.05) is 25.3 Å². The fourth-order valence-electron chi connectivity index (χ4n) is 1.24. The van der Waals surface area contributed by atoms with Crippen molar-refractivity contribution < 1.29 is 5.11 Å². The van der Waals surface area contributed by atoms with Crippen molar-refractivity contribution in [3.8, 4) is 0 Å². The van der Waals surface area contributed by atoms with Gasteiger partial charge in [-0.2, -0.15) is 5.10 Å². The lowest BCUT2D eigenvalue weighted by Crippen LogP contribution is -2.20. The Labute approximate surface area is 90.7 Å². The molecule has 5 heteroatoms. The number of halogens is 1. The minimum atomic E-state index is 0. The number of hydrogen-bond acceptors (Lipinski definition) is 3. The fourth-order valence-corrected chi connectivity index (χ4v) is 1.24. The summed E-state index contributed by atoms with van der Waals surface area (Å²) in [6.07, 6.45) is 1.80. The molecule has 0 saturated carbocycles. The molecule has 1 rings (SSSR count). The number of hydrogen-bond donors (Lipinski definition) is 2. The topological polar surface area (TPSA) is 50.1 Å². The van der Waals surface area contributed by atoms with Crippen LogP contribution in [0.25, 0.3) is 0 Å². The highest BCUT2D eigenvalue weighted by molar-refractivity contribution is 5.85. The monoisotopic (exact) mass is 219 g/mol. The van der Waals surface area contributed by atoms with Crippen LogP contribution in [0.15, 0.2) is 12.3 Å². The highest BCUT2D eigenvalue weighted by Gasteiger charge is 2.04. The van der Waals surface area contributed by atoms with Gasteiger partial charge in [-0.05, 0) is 19.9 Å². The number of nitrogens with zero attached hydrogens (tertiary/aromatic N) is 2. The first-order chi connectivity index (χ1) is 6.25. The molecule has 0 aromatic carbocycles. The number of aliphatic hydroxyl groups excluding tert-OH is 1. The molecule has 0 spiro atoms. The summed E-state index contributed by atoms with van der Waals surface area (Å²) < 4.78 is 1.98. The molecule has 0 radical (unpaired) electrons. The third kappa shape index (κ3) is 3.65. The van der Waals surface area contributed by atoms with Gasteiger partial charge in [-0.15, -0.1) is 12.4 Å². The van der Waals surface area contributed by atoms with Gasteiger partial charge in [0.1, 0.15) is 0 Å². The quantitative estimate of drug-likeness (QED) is 0.726. The van der Waals surface area contributed by atoms with E-state index in [1.54, 1.807) is 6.20 Å². The molecule has 14 heavy (non-hydrogen) atoms. The van der Waals surface area contributed by atoms with Gasteiger partial charge in [0.05, 0.1) is 12.3 Å². The summed E-state index contributed by atoms with van der Waals surface area (Å²) in [6.45, 7) is 5.77. The molecule has 0 fully saturated rings. The molecular weight excluding hydrogens is 202 g/mol. The smallest absolute Gasteiger partial charge is 0.0556 e. The van der Waals surface area contributed by atoms with Crippen molar-refractivity contribution in [2.75, 3.05) is 13.2 Å². The van der Waals surface area contributed by atoms with Crippen molar-refractivity contribution in [2.24, 2.45) is 0 Å². The van der Waals surface area contributed by atoms with Crippen LogP contribution in [0.5, 0.6) is 0 Å². The summed E-state index contributed by atoms with van der Waals surface area (Å²) in [5, 5.41) is 15.9. The van der Waals surface area contributed by atoms with Crippen molar-refractivity contribution in [1.82, 2.24) is 15.1 Å². The second kappa shape index (κ2) is 6.81. The van der Waals surface area contributed by atoms with Crippen molar-refractivity contribution in [1.29, 1.82) is 0 Å². The molecule has 1 heterocycles. The Kier molecular flexibility index (Phi) is 6.53. The van der Waals surface area contributed by atoms with E-state index in [4.69, 9.17) is 5.11 Å². The molecule has 0 aliphatic carbocycles. The molecule has 0 bridgehead atoms. The SMILES string of the molecule is CC(C)n1nccc1CNCCO.Cl. The molecule has 4 nitrogen and oxygen atoms in total. The number of rotatable bonds is 5. The Bertz CT molecular complexity index is 250. The molecule has 0 amide bonds. The van der Waals surface area contributed by atoms with Crippen LogP contribution in [-0.2, 0) is 6.54 Å². The summed E-state index contributed by atoms with van der Waals surface area (Å²) in [6, 6.07) is 2.38. The van der Waals surface area contributed by atoms with E-state index in [0.29, 0.717) is 12.6 Å². The molecule has 2 N–H and O–H groups in total. The molecule has 1 aromatic heterocycles. The average Bonchev–Trinajstić information content (AvgIpc) is 2.53. The van der Waals surface area contributed by atoms with Gasteiger partial charge in [0.25, 0.3) is 0 Å². The van der Waals surface area contributed by atoms with Crippen LogP contribution in [0.4, 0.5) is 0 Å².